The Hall–Kier alpha value is -0.860. The molecule has 1 aliphatic rings. The maximum Gasteiger partial charge on any atom is 0.0599 e. The van der Waals surface area contributed by atoms with Crippen LogP contribution in [0.1, 0.15) is 18.5 Å². The summed E-state index contributed by atoms with van der Waals surface area (Å²) >= 11 is 0. The van der Waals surface area contributed by atoms with Gasteiger partial charge in [0.1, 0.15) is 0 Å². The molecule has 3 atom stereocenters. The average molecular weight is 177 g/mol. The number of nitrogens with zero attached hydrogens (tertiary/aromatic N) is 1. The third-order valence-electron chi connectivity index (χ3n) is 2.75. The Kier molecular flexibility index (Phi) is 2.34. The van der Waals surface area contributed by atoms with Crippen LogP contribution in [0.5, 0.6) is 0 Å². The molecule has 1 saturated heterocycles. The van der Waals surface area contributed by atoms with E-state index in [1.807, 2.05) is 6.07 Å². The van der Waals surface area contributed by atoms with E-state index >= 15 is 0 Å². The molecule has 0 spiro atoms. The van der Waals surface area contributed by atoms with Gasteiger partial charge in [-0.1, -0.05) is 30.3 Å². The summed E-state index contributed by atoms with van der Waals surface area (Å²) in [5, 5.41) is 8.93. The van der Waals surface area contributed by atoms with Gasteiger partial charge in [0, 0.05) is 18.6 Å². The van der Waals surface area contributed by atoms with Crippen molar-refractivity contribution < 1.29 is 5.11 Å². The summed E-state index contributed by atoms with van der Waals surface area (Å²) in [4.78, 5) is 2.30. The number of rotatable bonds is 3. The van der Waals surface area contributed by atoms with Crippen molar-refractivity contribution in [2.75, 3.05) is 13.2 Å². The van der Waals surface area contributed by atoms with Crippen LogP contribution in [0.25, 0.3) is 0 Å². The number of aliphatic hydroxyl groups excluding tert-OH is 1. The van der Waals surface area contributed by atoms with Gasteiger partial charge in [0.05, 0.1) is 6.61 Å². The Labute approximate surface area is 78.8 Å². The second-order valence-corrected chi connectivity index (χ2v) is 3.62. The van der Waals surface area contributed by atoms with Gasteiger partial charge in [0.25, 0.3) is 0 Å². The van der Waals surface area contributed by atoms with Gasteiger partial charge in [-0.2, -0.15) is 0 Å². The first-order valence-electron chi connectivity index (χ1n) is 4.74. The highest BCUT2D eigenvalue weighted by Crippen LogP contribution is 2.30. The highest BCUT2D eigenvalue weighted by molar-refractivity contribution is 5.20. The molecule has 2 rings (SSSR count). The first kappa shape index (κ1) is 8.73. The first-order chi connectivity index (χ1) is 6.33. The zero-order chi connectivity index (χ0) is 9.26. The Bertz CT molecular complexity index is 273. The predicted molar refractivity (Wildman–Crippen MR) is 52.4 cm³/mol. The molecule has 0 amide bonds. The summed E-state index contributed by atoms with van der Waals surface area (Å²) in [6.45, 7) is 3.51. The predicted octanol–water partition coefficient (Wildman–Crippen LogP) is 1.42. The SMILES string of the molecule is C[C@@H](c1ccccc1)N1C[C@H]1CO. The lowest BCUT2D eigenvalue weighted by Gasteiger charge is -2.13. The minimum atomic E-state index is 0.289. The third-order valence-corrected chi connectivity index (χ3v) is 2.75. The first-order valence-corrected chi connectivity index (χ1v) is 4.74. The molecule has 13 heavy (non-hydrogen) atoms. The van der Waals surface area contributed by atoms with Crippen LogP contribution in [0.3, 0.4) is 0 Å². The molecule has 0 saturated carbocycles. The van der Waals surface area contributed by atoms with Crippen molar-refractivity contribution in [3.8, 4) is 0 Å². The molecule has 70 valence electrons. The molecule has 1 aromatic rings. The lowest BCUT2D eigenvalue weighted by molar-refractivity contribution is 0.259. The quantitative estimate of drug-likeness (QED) is 0.706. The molecular weight excluding hydrogens is 162 g/mol. The number of aliphatic hydroxyl groups is 1. The van der Waals surface area contributed by atoms with Crippen LogP contribution >= 0.6 is 0 Å². The highest BCUT2D eigenvalue weighted by atomic mass is 16.3. The maximum absolute atomic E-state index is 8.93. The van der Waals surface area contributed by atoms with Crippen LogP contribution in [0.4, 0.5) is 0 Å². The van der Waals surface area contributed by atoms with Crippen LogP contribution in [0, 0.1) is 0 Å². The molecule has 2 nitrogen and oxygen atoms in total. The normalized spacial score (nSPS) is 28.5. The Morgan fingerprint density at radius 2 is 2.15 bits per heavy atom. The molecule has 0 radical (unpaired) electrons. The van der Waals surface area contributed by atoms with Gasteiger partial charge < -0.3 is 5.11 Å². The molecular formula is C11H15NO. The molecule has 1 aliphatic heterocycles. The van der Waals surface area contributed by atoms with Crippen molar-refractivity contribution >= 4 is 0 Å². The second-order valence-electron chi connectivity index (χ2n) is 3.62. The fourth-order valence-corrected chi connectivity index (χ4v) is 1.76. The monoisotopic (exact) mass is 177 g/mol. The summed E-state index contributed by atoms with van der Waals surface area (Å²) in [7, 11) is 0. The van der Waals surface area contributed by atoms with E-state index in [1.54, 1.807) is 0 Å². The van der Waals surface area contributed by atoms with Crippen molar-refractivity contribution in [3.05, 3.63) is 35.9 Å². The Morgan fingerprint density at radius 3 is 2.69 bits per heavy atom. The van der Waals surface area contributed by atoms with Crippen molar-refractivity contribution in [2.45, 2.75) is 19.0 Å². The number of hydrogen-bond acceptors (Lipinski definition) is 2. The van der Waals surface area contributed by atoms with Crippen molar-refractivity contribution in [1.29, 1.82) is 0 Å². The molecule has 1 fully saturated rings. The van der Waals surface area contributed by atoms with E-state index in [-0.39, 0.29) is 6.61 Å². The lowest BCUT2D eigenvalue weighted by atomic mass is 10.1. The van der Waals surface area contributed by atoms with Crippen LogP contribution in [0.15, 0.2) is 30.3 Å². The van der Waals surface area contributed by atoms with E-state index in [2.05, 4.69) is 36.1 Å². The van der Waals surface area contributed by atoms with E-state index in [9.17, 15) is 0 Å². The second kappa shape index (κ2) is 3.48. The maximum atomic E-state index is 8.93. The van der Waals surface area contributed by atoms with Gasteiger partial charge in [-0.15, -0.1) is 0 Å². The van der Waals surface area contributed by atoms with Gasteiger partial charge in [0.2, 0.25) is 0 Å². The summed E-state index contributed by atoms with van der Waals surface area (Å²) in [5.74, 6) is 0. The van der Waals surface area contributed by atoms with E-state index in [1.165, 1.54) is 5.56 Å². The fraction of sp³-hybridized carbons (Fsp3) is 0.455. The number of benzene rings is 1. The highest BCUT2D eigenvalue weighted by Gasteiger charge is 2.37. The van der Waals surface area contributed by atoms with Gasteiger partial charge in [-0.3, -0.25) is 4.90 Å². The van der Waals surface area contributed by atoms with Crippen molar-refractivity contribution in [3.63, 3.8) is 0 Å². The fourth-order valence-electron chi connectivity index (χ4n) is 1.76. The molecule has 1 heterocycles. The van der Waals surface area contributed by atoms with E-state index in [4.69, 9.17) is 5.11 Å². The smallest absolute Gasteiger partial charge is 0.0599 e. The molecule has 1 N–H and O–H groups in total. The number of hydrogen-bond donors (Lipinski definition) is 1. The topological polar surface area (TPSA) is 23.2 Å². The molecule has 0 aromatic heterocycles. The summed E-state index contributed by atoms with van der Waals surface area (Å²) in [6.07, 6.45) is 0. The van der Waals surface area contributed by atoms with Crippen LogP contribution in [-0.4, -0.2) is 29.2 Å². The molecule has 2 heteroatoms. The summed E-state index contributed by atoms with van der Waals surface area (Å²) in [5.41, 5.74) is 1.33. The van der Waals surface area contributed by atoms with Crippen molar-refractivity contribution in [2.24, 2.45) is 0 Å². The van der Waals surface area contributed by atoms with Gasteiger partial charge in [0.15, 0.2) is 0 Å². The Balaban J connectivity index is 2.03. The van der Waals surface area contributed by atoms with Crippen LogP contribution in [0.2, 0.25) is 0 Å². The van der Waals surface area contributed by atoms with E-state index < -0.39 is 0 Å². The van der Waals surface area contributed by atoms with Crippen molar-refractivity contribution in [1.82, 2.24) is 4.90 Å². The molecule has 0 bridgehead atoms. The van der Waals surface area contributed by atoms with Gasteiger partial charge in [-0.25, -0.2) is 0 Å². The summed E-state index contributed by atoms with van der Waals surface area (Å²) < 4.78 is 0. The van der Waals surface area contributed by atoms with Crippen LogP contribution in [-0.2, 0) is 0 Å². The minimum Gasteiger partial charge on any atom is -0.395 e. The molecule has 1 unspecified atom stereocenters. The standard InChI is InChI=1S/C11H15NO/c1-9(12-7-11(12)8-13)10-5-3-2-4-6-10/h2-6,9,11,13H,7-8H2,1H3/t9-,11-,12?/m0/s1. The largest absolute Gasteiger partial charge is 0.395 e. The van der Waals surface area contributed by atoms with E-state index in [0.29, 0.717) is 12.1 Å². The summed E-state index contributed by atoms with van der Waals surface area (Å²) in [6, 6.07) is 11.3. The molecule has 0 aliphatic carbocycles. The van der Waals surface area contributed by atoms with Gasteiger partial charge in [-0.05, 0) is 12.5 Å². The zero-order valence-corrected chi connectivity index (χ0v) is 7.85. The van der Waals surface area contributed by atoms with E-state index in [0.717, 1.165) is 6.54 Å². The molecule has 1 aromatic carbocycles. The van der Waals surface area contributed by atoms with Gasteiger partial charge >= 0.3 is 0 Å². The Morgan fingerprint density at radius 1 is 1.46 bits per heavy atom. The zero-order valence-electron chi connectivity index (χ0n) is 7.85. The minimum absolute atomic E-state index is 0.289. The van der Waals surface area contributed by atoms with Crippen LogP contribution < -0.4 is 0 Å². The lowest BCUT2D eigenvalue weighted by Crippen LogP contribution is -2.10. The average Bonchev–Trinajstić information content (AvgIpc) is 2.97. The third kappa shape index (κ3) is 1.74.